The van der Waals surface area contributed by atoms with Crippen LogP contribution in [0.15, 0.2) is 78.4 Å². The minimum atomic E-state index is -1.71. The first-order valence-corrected chi connectivity index (χ1v) is 15.2. The van der Waals surface area contributed by atoms with Crippen molar-refractivity contribution in [3.8, 4) is 0 Å². The summed E-state index contributed by atoms with van der Waals surface area (Å²) >= 11 is 0. The van der Waals surface area contributed by atoms with Crippen molar-refractivity contribution in [3.63, 3.8) is 0 Å². The van der Waals surface area contributed by atoms with Gasteiger partial charge in [0.25, 0.3) is 0 Å². The van der Waals surface area contributed by atoms with Crippen LogP contribution in [-0.2, 0) is 25.5 Å². The Morgan fingerprint density at radius 3 is 2.40 bits per heavy atom. The maximum Gasteiger partial charge on any atom is 0.310 e. The van der Waals surface area contributed by atoms with Crippen LogP contribution < -0.4 is 0 Å². The van der Waals surface area contributed by atoms with E-state index >= 15 is 0 Å². The number of aliphatic hydroxyl groups excluding tert-OH is 1. The van der Waals surface area contributed by atoms with Crippen molar-refractivity contribution >= 4 is 23.3 Å². The molecule has 3 fully saturated rings. The summed E-state index contributed by atoms with van der Waals surface area (Å²) in [5, 5.41) is 23.4. The van der Waals surface area contributed by atoms with Gasteiger partial charge in [0, 0.05) is 27.9 Å². The second kappa shape index (κ2) is 10.8. The summed E-state index contributed by atoms with van der Waals surface area (Å²) < 4.78 is 5.36. The summed E-state index contributed by atoms with van der Waals surface area (Å²) in [6, 6.07) is 15.7. The molecule has 43 heavy (non-hydrogen) atoms. The summed E-state index contributed by atoms with van der Waals surface area (Å²) in [6.45, 7) is 3.45. The summed E-state index contributed by atoms with van der Waals surface area (Å²) in [7, 11) is 0. The van der Waals surface area contributed by atoms with Crippen LogP contribution in [-0.4, -0.2) is 51.8 Å². The number of hydrogen-bond acceptors (Lipinski definition) is 7. The zero-order valence-corrected chi connectivity index (χ0v) is 24.6. The number of hydrogen-bond donors (Lipinski definition) is 2. The lowest BCUT2D eigenvalue weighted by Gasteiger charge is -2.59. The van der Waals surface area contributed by atoms with Crippen molar-refractivity contribution in [2.24, 2.45) is 28.6 Å². The van der Waals surface area contributed by atoms with Gasteiger partial charge in [0.15, 0.2) is 18.2 Å². The first kappa shape index (κ1) is 29.4. The first-order chi connectivity index (χ1) is 20.5. The van der Waals surface area contributed by atoms with Crippen LogP contribution in [0.3, 0.4) is 0 Å². The molecule has 4 aliphatic carbocycles. The lowest BCUT2D eigenvalue weighted by molar-refractivity contribution is -0.181. The Balaban J connectivity index is 1.10. The molecule has 7 nitrogen and oxygen atoms in total. The molecule has 3 saturated carbocycles. The zero-order chi connectivity index (χ0) is 30.6. The standard InChI is InChI=1S/C36H38O7/c1-34-16-14-26(37)19-25(34)12-13-27-28-15-17-36(42,35(28,2)20-29(38)32(27)34)30(39)21-43-31(40)18-22-8-10-24(11-9-22)33(41)23-6-4-3-5-7-23/h3-11,14,16,19,27-29,32,38,42H,12-13,15,17-18,20-21H2,1-2H3/t27?,28?,29-,32?,34?,35?,36-/m0/s1. The van der Waals surface area contributed by atoms with Crippen molar-refractivity contribution in [1.29, 1.82) is 0 Å². The fourth-order valence-electron chi connectivity index (χ4n) is 8.80. The van der Waals surface area contributed by atoms with E-state index < -0.39 is 40.9 Å². The number of Topliss-reactive ketones (excluding diaryl/α,β-unsaturated/α-hetero) is 1. The second-order valence-electron chi connectivity index (χ2n) is 13.3. The topological polar surface area (TPSA) is 118 Å². The van der Waals surface area contributed by atoms with Gasteiger partial charge >= 0.3 is 5.97 Å². The Kier molecular flexibility index (Phi) is 7.38. The number of allylic oxidation sites excluding steroid dienone is 4. The molecule has 224 valence electrons. The first-order valence-electron chi connectivity index (χ1n) is 15.2. The van der Waals surface area contributed by atoms with Gasteiger partial charge in [0.1, 0.15) is 5.60 Å². The maximum atomic E-state index is 13.5. The molecule has 2 N–H and O–H groups in total. The molecule has 4 aliphatic rings. The zero-order valence-electron chi connectivity index (χ0n) is 24.6. The van der Waals surface area contributed by atoms with Gasteiger partial charge in [-0.2, -0.15) is 0 Å². The van der Waals surface area contributed by atoms with Gasteiger partial charge < -0.3 is 14.9 Å². The van der Waals surface area contributed by atoms with Crippen LogP contribution in [0.4, 0.5) is 0 Å². The molecule has 0 radical (unpaired) electrons. The van der Waals surface area contributed by atoms with Crippen LogP contribution in [0.25, 0.3) is 0 Å². The normalized spacial score (nSPS) is 34.4. The van der Waals surface area contributed by atoms with Gasteiger partial charge in [-0.3, -0.25) is 19.2 Å². The summed E-state index contributed by atoms with van der Waals surface area (Å²) in [5.41, 5.74) is -0.205. The Hall–Kier alpha value is -3.68. The Labute approximate surface area is 251 Å². The number of aliphatic hydroxyl groups is 2. The highest BCUT2D eigenvalue weighted by Gasteiger charge is 2.68. The molecule has 0 saturated heterocycles. The van der Waals surface area contributed by atoms with Gasteiger partial charge in [0.2, 0.25) is 5.78 Å². The van der Waals surface area contributed by atoms with Crippen molar-refractivity contribution < 1.29 is 34.1 Å². The molecular weight excluding hydrogens is 544 g/mol. The van der Waals surface area contributed by atoms with Crippen molar-refractivity contribution in [3.05, 3.63) is 95.1 Å². The van der Waals surface area contributed by atoms with Crippen LogP contribution in [0.5, 0.6) is 0 Å². The number of benzene rings is 2. The largest absolute Gasteiger partial charge is 0.457 e. The highest BCUT2D eigenvalue weighted by atomic mass is 16.5. The Morgan fingerprint density at radius 1 is 0.977 bits per heavy atom. The van der Waals surface area contributed by atoms with Crippen LogP contribution in [0.1, 0.15) is 67.4 Å². The third-order valence-electron chi connectivity index (χ3n) is 11.1. The number of ketones is 3. The molecular formula is C36H38O7. The van der Waals surface area contributed by atoms with E-state index in [4.69, 9.17) is 4.74 Å². The highest BCUT2D eigenvalue weighted by Crippen LogP contribution is 2.67. The fraction of sp³-hybridized carbons (Fsp3) is 0.444. The number of carbonyl (C=O) groups excluding carboxylic acids is 4. The van der Waals surface area contributed by atoms with Gasteiger partial charge in [-0.1, -0.05) is 80.1 Å². The molecule has 0 aromatic heterocycles. The third kappa shape index (κ3) is 4.83. The van der Waals surface area contributed by atoms with Gasteiger partial charge in [-0.05, 0) is 61.7 Å². The molecule has 2 aromatic carbocycles. The lowest BCUT2D eigenvalue weighted by Crippen LogP contribution is -2.61. The Bertz CT molecular complexity index is 1520. The van der Waals surface area contributed by atoms with E-state index in [1.165, 1.54) is 0 Å². The van der Waals surface area contributed by atoms with Crippen molar-refractivity contribution in [2.75, 3.05) is 6.61 Å². The SMILES string of the molecule is CC12C=CC(=O)C=C1CCC1C2[C@@H](O)CC2(C)C1CC[C@]2(O)C(=O)COC(=O)Cc1ccc(C(=O)c2ccccc2)cc1. The van der Waals surface area contributed by atoms with E-state index in [9.17, 15) is 29.4 Å². The number of rotatable bonds is 7. The molecule has 2 aromatic rings. The summed E-state index contributed by atoms with van der Waals surface area (Å²) in [4.78, 5) is 50.9. The Morgan fingerprint density at radius 2 is 1.67 bits per heavy atom. The lowest BCUT2D eigenvalue weighted by atomic mass is 9.46. The van der Waals surface area contributed by atoms with Crippen molar-refractivity contribution in [1.82, 2.24) is 0 Å². The second-order valence-corrected chi connectivity index (χ2v) is 13.3. The van der Waals surface area contributed by atoms with Crippen LogP contribution >= 0.6 is 0 Å². The highest BCUT2D eigenvalue weighted by molar-refractivity contribution is 6.09. The molecule has 0 aliphatic heterocycles. The van der Waals surface area contributed by atoms with E-state index in [0.29, 0.717) is 23.1 Å². The number of esters is 1. The van der Waals surface area contributed by atoms with E-state index in [2.05, 4.69) is 6.92 Å². The molecule has 7 heteroatoms. The molecule has 5 unspecified atom stereocenters. The minimum absolute atomic E-state index is 0.0204. The molecule has 0 bridgehead atoms. The molecule has 7 atom stereocenters. The van der Waals surface area contributed by atoms with Crippen LogP contribution in [0, 0.1) is 28.6 Å². The molecule has 0 heterocycles. The number of carbonyl (C=O) groups is 4. The maximum absolute atomic E-state index is 13.5. The third-order valence-corrected chi connectivity index (χ3v) is 11.1. The molecule has 0 amide bonds. The summed E-state index contributed by atoms with van der Waals surface area (Å²) in [6.07, 6.45) is 7.11. The quantitative estimate of drug-likeness (QED) is 0.362. The average molecular weight is 583 g/mol. The van der Waals surface area contributed by atoms with E-state index in [-0.39, 0.29) is 48.6 Å². The predicted octanol–water partition coefficient (Wildman–Crippen LogP) is 4.58. The fourth-order valence-corrected chi connectivity index (χ4v) is 8.80. The van der Waals surface area contributed by atoms with Crippen molar-refractivity contribution in [2.45, 2.75) is 64.1 Å². The minimum Gasteiger partial charge on any atom is -0.457 e. The van der Waals surface area contributed by atoms with E-state index in [1.807, 2.05) is 19.1 Å². The van der Waals surface area contributed by atoms with Gasteiger partial charge in [0.05, 0.1) is 12.5 Å². The number of fused-ring (bicyclic) bond motifs is 5. The molecule has 6 rings (SSSR count). The monoisotopic (exact) mass is 582 g/mol. The summed E-state index contributed by atoms with van der Waals surface area (Å²) in [5.74, 6) is -1.25. The van der Waals surface area contributed by atoms with Gasteiger partial charge in [-0.15, -0.1) is 0 Å². The van der Waals surface area contributed by atoms with E-state index in [1.54, 1.807) is 60.7 Å². The number of ether oxygens (including phenoxy) is 1. The van der Waals surface area contributed by atoms with Crippen LogP contribution in [0.2, 0.25) is 0 Å². The van der Waals surface area contributed by atoms with Gasteiger partial charge in [-0.25, -0.2) is 0 Å². The molecule has 0 spiro atoms. The smallest absolute Gasteiger partial charge is 0.310 e. The predicted molar refractivity (Wildman–Crippen MR) is 159 cm³/mol. The van der Waals surface area contributed by atoms with E-state index in [0.717, 1.165) is 18.4 Å². The average Bonchev–Trinajstić information content (AvgIpc) is 3.27.